The number of nitrogens with one attached hydrogen (secondary N) is 1. The molecule has 5 rings (SSSR count). The highest BCUT2D eigenvalue weighted by molar-refractivity contribution is 6.31. The van der Waals surface area contributed by atoms with Crippen molar-refractivity contribution >= 4 is 28.9 Å². The van der Waals surface area contributed by atoms with Crippen LogP contribution in [0.2, 0.25) is 5.02 Å². The first kappa shape index (κ1) is 24.7. The van der Waals surface area contributed by atoms with Gasteiger partial charge >= 0.3 is 5.69 Å². The van der Waals surface area contributed by atoms with E-state index in [4.69, 9.17) is 11.6 Å². The standard InChI is InChI=1S/C28H27ClN6O2/c29-24-14-8-7-13-23(24)19-30-27-26(35(36)37)28(32-20-31-27)34-17-15-33(16-18-34)25(21-9-3-1-4-10-21)22-11-5-2-6-12-22/h1-14,20,25H,15-19H2,(H,30,31,32). The van der Waals surface area contributed by atoms with Gasteiger partial charge in [-0.3, -0.25) is 15.0 Å². The largest absolute Gasteiger partial charge is 0.360 e. The summed E-state index contributed by atoms with van der Waals surface area (Å²) < 4.78 is 0. The van der Waals surface area contributed by atoms with Crippen LogP contribution in [0.1, 0.15) is 22.7 Å². The predicted octanol–water partition coefficient (Wildman–Crippen LogP) is 5.56. The van der Waals surface area contributed by atoms with E-state index in [1.54, 1.807) is 6.07 Å². The lowest BCUT2D eigenvalue weighted by molar-refractivity contribution is -0.383. The second kappa shape index (κ2) is 11.4. The Hall–Kier alpha value is -4.01. The minimum Gasteiger partial charge on any atom is -0.360 e. The zero-order valence-electron chi connectivity index (χ0n) is 20.2. The molecule has 0 atom stereocenters. The van der Waals surface area contributed by atoms with E-state index < -0.39 is 4.92 Å². The van der Waals surface area contributed by atoms with Crippen molar-refractivity contribution in [2.45, 2.75) is 12.6 Å². The molecule has 0 aliphatic carbocycles. The van der Waals surface area contributed by atoms with E-state index in [-0.39, 0.29) is 17.5 Å². The van der Waals surface area contributed by atoms with Gasteiger partial charge in [0.05, 0.1) is 11.0 Å². The highest BCUT2D eigenvalue weighted by Gasteiger charge is 2.32. The summed E-state index contributed by atoms with van der Waals surface area (Å²) in [6.45, 7) is 3.01. The van der Waals surface area contributed by atoms with E-state index in [0.717, 1.165) is 18.7 Å². The third-order valence-electron chi connectivity index (χ3n) is 6.60. The van der Waals surface area contributed by atoms with Crippen molar-refractivity contribution in [3.63, 3.8) is 0 Å². The molecule has 3 aromatic carbocycles. The number of nitrogens with zero attached hydrogens (tertiary/aromatic N) is 5. The van der Waals surface area contributed by atoms with Crippen molar-refractivity contribution in [2.24, 2.45) is 0 Å². The normalized spacial score (nSPS) is 14.1. The van der Waals surface area contributed by atoms with Gasteiger partial charge in [0.25, 0.3) is 0 Å². The molecule has 1 aliphatic rings. The molecule has 1 fully saturated rings. The van der Waals surface area contributed by atoms with Crippen molar-refractivity contribution in [3.05, 3.63) is 123 Å². The Balaban J connectivity index is 1.36. The summed E-state index contributed by atoms with van der Waals surface area (Å²) in [4.78, 5) is 24.6. The lowest BCUT2D eigenvalue weighted by atomic mass is 9.96. The summed E-state index contributed by atoms with van der Waals surface area (Å²) in [6, 6.07) is 28.4. The third kappa shape index (κ3) is 5.55. The van der Waals surface area contributed by atoms with E-state index in [1.807, 2.05) is 35.2 Å². The van der Waals surface area contributed by atoms with Crippen molar-refractivity contribution in [1.29, 1.82) is 0 Å². The Kier molecular flexibility index (Phi) is 7.58. The van der Waals surface area contributed by atoms with Crippen LogP contribution < -0.4 is 10.2 Å². The fourth-order valence-electron chi connectivity index (χ4n) is 4.80. The minimum absolute atomic E-state index is 0.109. The van der Waals surface area contributed by atoms with Gasteiger partial charge in [-0.15, -0.1) is 0 Å². The molecule has 0 unspecified atom stereocenters. The van der Waals surface area contributed by atoms with E-state index in [0.29, 0.717) is 30.5 Å². The second-order valence-corrected chi connectivity index (χ2v) is 9.25. The average Bonchev–Trinajstić information content (AvgIpc) is 2.94. The maximum absolute atomic E-state index is 12.1. The van der Waals surface area contributed by atoms with Gasteiger partial charge in [0.2, 0.25) is 11.6 Å². The fourth-order valence-corrected chi connectivity index (χ4v) is 5.00. The smallest absolute Gasteiger partial charge is 0.353 e. The van der Waals surface area contributed by atoms with Gasteiger partial charge in [-0.1, -0.05) is 90.5 Å². The summed E-state index contributed by atoms with van der Waals surface area (Å²) in [5.41, 5.74) is 3.16. The molecule has 8 nitrogen and oxygen atoms in total. The SMILES string of the molecule is O=[N+]([O-])c1c(NCc2ccccc2Cl)ncnc1N1CCN(C(c2ccccc2)c2ccccc2)CC1. The fraction of sp³-hybridized carbons (Fsp3) is 0.214. The Morgan fingerprint density at radius 3 is 2.05 bits per heavy atom. The molecule has 1 aliphatic heterocycles. The second-order valence-electron chi connectivity index (χ2n) is 8.84. The molecule has 2 heterocycles. The number of benzene rings is 3. The summed E-state index contributed by atoms with van der Waals surface area (Å²) in [5.74, 6) is 0.515. The van der Waals surface area contributed by atoms with Crippen LogP contribution >= 0.6 is 11.6 Å². The molecule has 1 aromatic heterocycles. The van der Waals surface area contributed by atoms with Crippen LogP contribution in [0.5, 0.6) is 0 Å². The van der Waals surface area contributed by atoms with Gasteiger partial charge in [0.1, 0.15) is 6.33 Å². The van der Waals surface area contributed by atoms with Crippen molar-refractivity contribution in [2.75, 3.05) is 36.4 Å². The van der Waals surface area contributed by atoms with E-state index in [1.165, 1.54) is 17.5 Å². The Bertz CT molecular complexity index is 1310. The zero-order chi connectivity index (χ0) is 25.6. The topological polar surface area (TPSA) is 87.4 Å². The molecule has 37 heavy (non-hydrogen) atoms. The number of piperazine rings is 1. The molecule has 1 N–H and O–H groups in total. The maximum atomic E-state index is 12.1. The number of aromatic nitrogens is 2. The van der Waals surface area contributed by atoms with Gasteiger partial charge in [-0.25, -0.2) is 9.97 Å². The molecule has 0 saturated carbocycles. The molecule has 1 saturated heterocycles. The summed E-state index contributed by atoms with van der Waals surface area (Å²) >= 11 is 6.25. The molecule has 4 aromatic rings. The minimum atomic E-state index is -0.409. The molecule has 0 amide bonds. The van der Waals surface area contributed by atoms with Crippen LogP contribution in [0, 0.1) is 10.1 Å². The maximum Gasteiger partial charge on any atom is 0.353 e. The summed E-state index contributed by atoms with van der Waals surface area (Å²) in [5, 5.41) is 15.8. The van der Waals surface area contributed by atoms with Crippen LogP contribution in [0.4, 0.5) is 17.3 Å². The highest BCUT2D eigenvalue weighted by atomic mass is 35.5. The quantitative estimate of drug-likeness (QED) is 0.243. The highest BCUT2D eigenvalue weighted by Crippen LogP contribution is 2.35. The first-order chi connectivity index (χ1) is 18.1. The average molecular weight is 515 g/mol. The van der Waals surface area contributed by atoms with E-state index in [2.05, 4.69) is 68.7 Å². The predicted molar refractivity (Wildman–Crippen MR) is 146 cm³/mol. The molecular formula is C28H27ClN6O2. The van der Waals surface area contributed by atoms with E-state index in [9.17, 15) is 10.1 Å². The van der Waals surface area contributed by atoms with Crippen LogP contribution in [-0.2, 0) is 6.54 Å². The number of nitro groups is 1. The first-order valence-corrected chi connectivity index (χ1v) is 12.5. The molecule has 188 valence electrons. The molecule has 0 bridgehead atoms. The number of halogens is 1. The Labute approximate surface area is 220 Å². The lowest BCUT2D eigenvalue weighted by Crippen LogP contribution is -2.48. The number of anilines is 2. The van der Waals surface area contributed by atoms with Crippen LogP contribution in [0.3, 0.4) is 0 Å². The third-order valence-corrected chi connectivity index (χ3v) is 6.97. The van der Waals surface area contributed by atoms with Gasteiger partial charge in [-0.2, -0.15) is 0 Å². The summed E-state index contributed by atoms with van der Waals surface area (Å²) in [7, 11) is 0. The van der Waals surface area contributed by atoms with Gasteiger partial charge in [0, 0.05) is 37.7 Å². The van der Waals surface area contributed by atoms with Gasteiger partial charge < -0.3 is 10.2 Å². The molecular weight excluding hydrogens is 488 g/mol. The van der Waals surface area contributed by atoms with Crippen molar-refractivity contribution in [3.8, 4) is 0 Å². The monoisotopic (exact) mass is 514 g/mol. The van der Waals surface area contributed by atoms with Crippen LogP contribution in [-0.4, -0.2) is 46.0 Å². The Morgan fingerprint density at radius 2 is 1.46 bits per heavy atom. The van der Waals surface area contributed by atoms with Crippen LogP contribution in [0.15, 0.2) is 91.3 Å². The number of hydrogen-bond donors (Lipinski definition) is 1. The first-order valence-electron chi connectivity index (χ1n) is 12.2. The van der Waals surface area contributed by atoms with Crippen molar-refractivity contribution < 1.29 is 4.92 Å². The lowest BCUT2D eigenvalue weighted by Gasteiger charge is -2.40. The Morgan fingerprint density at radius 1 is 0.865 bits per heavy atom. The molecule has 0 radical (unpaired) electrons. The molecule has 0 spiro atoms. The van der Waals surface area contributed by atoms with E-state index >= 15 is 0 Å². The van der Waals surface area contributed by atoms with Crippen LogP contribution in [0.25, 0.3) is 0 Å². The zero-order valence-corrected chi connectivity index (χ0v) is 21.0. The number of rotatable bonds is 8. The van der Waals surface area contributed by atoms with Crippen molar-refractivity contribution in [1.82, 2.24) is 14.9 Å². The van der Waals surface area contributed by atoms with Gasteiger partial charge in [0.15, 0.2) is 0 Å². The summed E-state index contributed by atoms with van der Waals surface area (Å²) in [6.07, 6.45) is 1.38. The molecule has 9 heteroatoms. The number of hydrogen-bond acceptors (Lipinski definition) is 7. The van der Waals surface area contributed by atoms with Gasteiger partial charge in [-0.05, 0) is 22.8 Å².